The molecular formula is C12H24N2OS. The monoisotopic (exact) mass is 244 g/mol. The molecule has 3 N–H and O–H groups in total. The van der Waals surface area contributed by atoms with Crippen LogP contribution in [0.2, 0.25) is 0 Å². The molecule has 0 aliphatic heterocycles. The zero-order chi connectivity index (χ0) is 12.0. The topological polar surface area (TPSA) is 55.1 Å². The maximum absolute atomic E-state index is 11.7. The van der Waals surface area contributed by atoms with Gasteiger partial charge in [0.1, 0.15) is 0 Å². The molecule has 1 fully saturated rings. The summed E-state index contributed by atoms with van der Waals surface area (Å²) in [5.74, 6) is 0.123. The highest BCUT2D eigenvalue weighted by molar-refractivity contribution is 7.99. The third-order valence-electron chi connectivity index (χ3n) is 3.39. The average molecular weight is 244 g/mol. The van der Waals surface area contributed by atoms with E-state index in [2.05, 4.69) is 18.5 Å². The Hall–Kier alpha value is -0.220. The number of rotatable bonds is 6. The Labute approximate surface area is 103 Å². The van der Waals surface area contributed by atoms with Gasteiger partial charge in [-0.15, -0.1) is 0 Å². The van der Waals surface area contributed by atoms with Gasteiger partial charge >= 0.3 is 0 Å². The summed E-state index contributed by atoms with van der Waals surface area (Å²) in [5.41, 5.74) is 5.94. The maximum atomic E-state index is 11.7. The largest absolute Gasteiger partial charge is 0.356 e. The first kappa shape index (κ1) is 13.8. The molecule has 1 rings (SSSR count). The van der Waals surface area contributed by atoms with Gasteiger partial charge in [0.15, 0.2) is 0 Å². The van der Waals surface area contributed by atoms with E-state index in [9.17, 15) is 4.79 Å². The summed E-state index contributed by atoms with van der Waals surface area (Å²) >= 11 is 1.83. The lowest BCUT2D eigenvalue weighted by atomic mass is 9.94. The molecule has 0 bridgehead atoms. The van der Waals surface area contributed by atoms with Crippen molar-refractivity contribution in [2.75, 3.05) is 12.8 Å². The molecule has 0 saturated heterocycles. The second-order valence-electron chi connectivity index (χ2n) is 4.93. The average Bonchev–Trinajstić information content (AvgIpc) is 2.64. The highest BCUT2D eigenvalue weighted by atomic mass is 32.2. The SMILES string of the molecule is CSC(C)CCNC(=O)CC1(N)CCCC1. The maximum Gasteiger partial charge on any atom is 0.221 e. The number of carbonyl (C=O) groups is 1. The molecule has 1 aliphatic rings. The first-order valence-corrected chi connectivity index (χ1v) is 7.43. The van der Waals surface area contributed by atoms with Crippen LogP contribution in [0.25, 0.3) is 0 Å². The van der Waals surface area contributed by atoms with Gasteiger partial charge in [-0.3, -0.25) is 4.79 Å². The van der Waals surface area contributed by atoms with Crippen molar-refractivity contribution in [2.45, 2.75) is 56.2 Å². The van der Waals surface area contributed by atoms with E-state index in [4.69, 9.17) is 5.73 Å². The molecular weight excluding hydrogens is 220 g/mol. The molecule has 94 valence electrons. The lowest BCUT2D eigenvalue weighted by Crippen LogP contribution is -2.42. The molecule has 0 aromatic heterocycles. The highest BCUT2D eigenvalue weighted by Gasteiger charge is 2.31. The van der Waals surface area contributed by atoms with Gasteiger partial charge in [-0.05, 0) is 25.5 Å². The first-order chi connectivity index (χ1) is 7.56. The van der Waals surface area contributed by atoms with E-state index in [0.29, 0.717) is 11.7 Å². The van der Waals surface area contributed by atoms with Crippen LogP contribution in [-0.2, 0) is 4.79 Å². The Morgan fingerprint density at radius 1 is 1.50 bits per heavy atom. The highest BCUT2D eigenvalue weighted by Crippen LogP contribution is 2.29. The van der Waals surface area contributed by atoms with Crippen molar-refractivity contribution in [1.29, 1.82) is 0 Å². The fraction of sp³-hybridized carbons (Fsp3) is 0.917. The van der Waals surface area contributed by atoms with Gasteiger partial charge in [-0.1, -0.05) is 19.8 Å². The quantitative estimate of drug-likeness (QED) is 0.750. The fourth-order valence-electron chi connectivity index (χ4n) is 2.17. The van der Waals surface area contributed by atoms with Gasteiger partial charge in [0.25, 0.3) is 0 Å². The van der Waals surface area contributed by atoms with Crippen LogP contribution in [0.5, 0.6) is 0 Å². The Balaban J connectivity index is 2.15. The second kappa shape index (κ2) is 6.50. The van der Waals surface area contributed by atoms with Crippen molar-refractivity contribution in [3.05, 3.63) is 0 Å². The molecule has 16 heavy (non-hydrogen) atoms. The molecule has 1 unspecified atom stereocenters. The number of hydrogen-bond acceptors (Lipinski definition) is 3. The van der Waals surface area contributed by atoms with Crippen LogP contribution in [0.1, 0.15) is 45.4 Å². The molecule has 3 nitrogen and oxygen atoms in total. The minimum absolute atomic E-state index is 0.123. The summed E-state index contributed by atoms with van der Waals surface area (Å²) < 4.78 is 0. The van der Waals surface area contributed by atoms with Crippen LogP contribution in [0.4, 0.5) is 0 Å². The Kier molecular flexibility index (Phi) is 5.62. The lowest BCUT2D eigenvalue weighted by molar-refractivity contribution is -0.122. The minimum atomic E-state index is -0.213. The number of nitrogens with two attached hydrogens (primary N) is 1. The molecule has 0 radical (unpaired) electrons. The van der Waals surface area contributed by atoms with Crippen LogP contribution >= 0.6 is 11.8 Å². The summed E-state index contributed by atoms with van der Waals surface area (Å²) in [7, 11) is 0. The molecule has 0 aromatic rings. The summed E-state index contributed by atoms with van der Waals surface area (Å²) in [6.07, 6.45) is 7.98. The van der Waals surface area contributed by atoms with Crippen LogP contribution < -0.4 is 11.1 Å². The van der Waals surface area contributed by atoms with Gasteiger partial charge in [0, 0.05) is 23.8 Å². The van der Waals surface area contributed by atoms with Gasteiger partial charge in [0.2, 0.25) is 5.91 Å². The van der Waals surface area contributed by atoms with Crippen molar-refractivity contribution < 1.29 is 4.79 Å². The standard InChI is InChI=1S/C12H24N2OS/c1-10(16-2)5-8-14-11(15)9-12(13)6-3-4-7-12/h10H,3-9,13H2,1-2H3,(H,14,15). The zero-order valence-corrected chi connectivity index (χ0v) is 11.2. The van der Waals surface area contributed by atoms with Crippen molar-refractivity contribution in [1.82, 2.24) is 5.32 Å². The first-order valence-electron chi connectivity index (χ1n) is 6.14. The molecule has 1 aliphatic carbocycles. The minimum Gasteiger partial charge on any atom is -0.356 e. The number of nitrogens with one attached hydrogen (secondary N) is 1. The predicted octanol–water partition coefficient (Wildman–Crippen LogP) is 1.91. The van der Waals surface area contributed by atoms with Gasteiger partial charge in [-0.25, -0.2) is 0 Å². The Bertz CT molecular complexity index is 227. The predicted molar refractivity (Wildman–Crippen MR) is 70.6 cm³/mol. The van der Waals surface area contributed by atoms with Gasteiger partial charge in [0.05, 0.1) is 0 Å². The summed E-state index contributed by atoms with van der Waals surface area (Å²) in [6.45, 7) is 2.95. The van der Waals surface area contributed by atoms with E-state index < -0.39 is 0 Å². The van der Waals surface area contributed by atoms with Crippen LogP contribution in [-0.4, -0.2) is 29.5 Å². The summed E-state index contributed by atoms with van der Waals surface area (Å²) in [5, 5.41) is 3.58. The summed E-state index contributed by atoms with van der Waals surface area (Å²) in [6, 6.07) is 0. The van der Waals surface area contributed by atoms with E-state index in [1.165, 1.54) is 12.8 Å². The molecule has 1 saturated carbocycles. The molecule has 4 heteroatoms. The Morgan fingerprint density at radius 2 is 2.12 bits per heavy atom. The van der Waals surface area contributed by atoms with E-state index in [1.807, 2.05) is 11.8 Å². The number of hydrogen-bond donors (Lipinski definition) is 2. The van der Waals surface area contributed by atoms with E-state index in [-0.39, 0.29) is 11.4 Å². The van der Waals surface area contributed by atoms with Crippen molar-refractivity contribution in [3.8, 4) is 0 Å². The summed E-state index contributed by atoms with van der Waals surface area (Å²) in [4.78, 5) is 11.7. The Morgan fingerprint density at radius 3 is 2.69 bits per heavy atom. The van der Waals surface area contributed by atoms with Crippen molar-refractivity contribution >= 4 is 17.7 Å². The molecule has 0 heterocycles. The van der Waals surface area contributed by atoms with Crippen molar-refractivity contribution in [2.24, 2.45) is 5.73 Å². The third kappa shape index (κ3) is 4.74. The van der Waals surface area contributed by atoms with Crippen LogP contribution in [0.15, 0.2) is 0 Å². The van der Waals surface area contributed by atoms with Crippen LogP contribution in [0, 0.1) is 0 Å². The van der Waals surface area contributed by atoms with Gasteiger partial charge in [-0.2, -0.15) is 11.8 Å². The van der Waals surface area contributed by atoms with E-state index in [1.54, 1.807) is 0 Å². The third-order valence-corrected chi connectivity index (χ3v) is 4.43. The normalized spacial score (nSPS) is 20.7. The fourth-order valence-corrected chi connectivity index (χ4v) is 2.52. The molecule has 1 atom stereocenters. The number of carbonyl (C=O) groups excluding carboxylic acids is 1. The molecule has 0 spiro atoms. The zero-order valence-electron chi connectivity index (χ0n) is 10.4. The number of amides is 1. The smallest absolute Gasteiger partial charge is 0.221 e. The molecule has 1 amide bonds. The van der Waals surface area contributed by atoms with E-state index >= 15 is 0 Å². The molecule has 0 aromatic carbocycles. The van der Waals surface area contributed by atoms with Gasteiger partial charge < -0.3 is 11.1 Å². The second-order valence-corrected chi connectivity index (χ2v) is 6.21. The lowest BCUT2D eigenvalue weighted by Gasteiger charge is -2.22. The number of thioether (sulfide) groups is 1. The van der Waals surface area contributed by atoms with E-state index in [0.717, 1.165) is 25.8 Å². The van der Waals surface area contributed by atoms with Crippen molar-refractivity contribution in [3.63, 3.8) is 0 Å². The van der Waals surface area contributed by atoms with Crippen LogP contribution in [0.3, 0.4) is 0 Å².